The maximum absolute atomic E-state index is 12.6. The molecule has 5 atom stereocenters. The number of ether oxygens (including phenoxy) is 3. The van der Waals surface area contributed by atoms with E-state index in [4.69, 9.17) is 14.2 Å². The summed E-state index contributed by atoms with van der Waals surface area (Å²) in [7, 11) is -4.22. The van der Waals surface area contributed by atoms with Crippen LogP contribution < -0.4 is 9.46 Å². The molecule has 0 amide bonds. The van der Waals surface area contributed by atoms with Crippen LogP contribution in [0.1, 0.15) is 12.8 Å². The van der Waals surface area contributed by atoms with Crippen LogP contribution in [-0.2, 0) is 19.5 Å². The van der Waals surface area contributed by atoms with Crippen LogP contribution >= 0.6 is 0 Å². The highest BCUT2D eigenvalue weighted by atomic mass is 32.2. The molecule has 1 aromatic rings. The molecule has 1 aliphatic heterocycles. The van der Waals surface area contributed by atoms with Crippen molar-refractivity contribution in [3.05, 3.63) is 40.5 Å². The number of aliphatic hydroxyl groups excluding tert-OH is 1. The number of hydrogen-bond acceptors (Lipinski definition) is 8. The Morgan fingerprint density at radius 1 is 1.30 bits per heavy atom. The zero-order chi connectivity index (χ0) is 21.3. The van der Waals surface area contributed by atoms with Gasteiger partial charge in [0.25, 0.3) is 0 Å². The lowest BCUT2D eigenvalue weighted by Gasteiger charge is -2.27. The fourth-order valence-corrected chi connectivity index (χ4v) is 5.32. The maximum atomic E-state index is 12.6. The number of nitrogens with zero attached hydrogens (tertiary/aromatic N) is 1. The predicted molar refractivity (Wildman–Crippen MR) is 104 cm³/mol. The second-order valence-electron chi connectivity index (χ2n) is 7.79. The summed E-state index contributed by atoms with van der Waals surface area (Å²) >= 11 is 0. The summed E-state index contributed by atoms with van der Waals surface area (Å²) in [5.74, 6) is 1.32. The highest BCUT2D eigenvalue weighted by molar-refractivity contribution is 7.89. The first-order chi connectivity index (χ1) is 14.3. The predicted octanol–water partition coefficient (Wildman–Crippen LogP) is 1.20. The number of allylic oxidation sites excluding steroid dienone is 2. The summed E-state index contributed by atoms with van der Waals surface area (Å²) in [6.07, 6.45) is 4.06. The molecular formula is C19H24N2O8S. The lowest BCUT2D eigenvalue weighted by molar-refractivity contribution is -0.386. The lowest BCUT2D eigenvalue weighted by Crippen LogP contribution is -2.48. The molecule has 1 saturated carbocycles. The maximum Gasteiger partial charge on any atom is 0.312 e. The van der Waals surface area contributed by atoms with E-state index in [1.807, 2.05) is 0 Å². The van der Waals surface area contributed by atoms with E-state index in [9.17, 15) is 23.6 Å². The molecule has 2 N–H and O–H groups in total. The van der Waals surface area contributed by atoms with E-state index in [1.165, 1.54) is 12.1 Å². The largest absolute Gasteiger partial charge is 0.486 e. The first-order valence-corrected chi connectivity index (χ1v) is 11.3. The Balaban J connectivity index is 1.46. The number of sulfonamides is 1. The topological polar surface area (TPSA) is 137 Å². The first kappa shape index (κ1) is 21.2. The Kier molecular flexibility index (Phi) is 6.07. The minimum atomic E-state index is -4.22. The van der Waals surface area contributed by atoms with Crippen molar-refractivity contribution in [3.63, 3.8) is 0 Å². The summed E-state index contributed by atoms with van der Waals surface area (Å²) in [5, 5.41) is 21.6. The van der Waals surface area contributed by atoms with Crippen LogP contribution in [0.15, 0.2) is 35.2 Å². The SMILES string of the molecule is O=[N+]([O-])c1cc(S(=O)(=O)NC(O)C2COCCO2)ccc1OCC1C[C@H]2C=C[C@@H]1C2. The second kappa shape index (κ2) is 8.60. The summed E-state index contributed by atoms with van der Waals surface area (Å²) < 4.78 is 43.4. The van der Waals surface area contributed by atoms with Gasteiger partial charge in [-0.1, -0.05) is 12.2 Å². The minimum absolute atomic E-state index is 0.0234. The molecule has 3 unspecified atom stereocenters. The molecule has 1 heterocycles. The molecule has 164 valence electrons. The van der Waals surface area contributed by atoms with Crippen molar-refractivity contribution in [1.82, 2.24) is 4.72 Å². The van der Waals surface area contributed by atoms with Crippen LogP contribution in [0.4, 0.5) is 5.69 Å². The van der Waals surface area contributed by atoms with E-state index in [2.05, 4.69) is 16.9 Å². The van der Waals surface area contributed by atoms with Gasteiger partial charge in [-0.05, 0) is 42.7 Å². The molecule has 0 radical (unpaired) electrons. The van der Waals surface area contributed by atoms with E-state index < -0.39 is 33.0 Å². The number of rotatable bonds is 8. The Bertz CT molecular complexity index is 928. The number of nitro benzene ring substituents is 1. The molecule has 0 aromatic heterocycles. The standard InChI is InChI=1S/C19H24N2O8S/c22-19(18-11-27-5-6-28-18)20-30(25,26)15-3-4-17(16(9-15)21(23)24)29-10-14-8-12-1-2-13(14)7-12/h1-4,9,12-14,18-20,22H,5-8,10-11H2/t12-,13+,14?,18?,19?/m0/s1. The van der Waals surface area contributed by atoms with Crippen molar-refractivity contribution in [2.45, 2.75) is 30.1 Å². The van der Waals surface area contributed by atoms with Crippen LogP contribution in [0.25, 0.3) is 0 Å². The van der Waals surface area contributed by atoms with E-state index in [-0.39, 0.29) is 23.9 Å². The Morgan fingerprint density at radius 3 is 2.77 bits per heavy atom. The lowest BCUT2D eigenvalue weighted by atomic mass is 9.95. The average Bonchev–Trinajstić information content (AvgIpc) is 3.35. The Morgan fingerprint density at radius 2 is 2.13 bits per heavy atom. The molecule has 2 bridgehead atoms. The van der Waals surface area contributed by atoms with Gasteiger partial charge in [0.15, 0.2) is 5.75 Å². The van der Waals surface area contributed by atoms with Gasteiger partial charge in [0.2, 0.25) is 10.0 Å². The molecule has 2 aliphatic carbocycles. The zero-order valence-electron chi connectivity index (χ0n) is 16.2. The van der Waals surface area contributed by atoms with Crippen molar-refractivity contribution in [2.75, 3.05) is 26.4 Å². The third-order valence-corrected chi connectivity index (χ3v) is 7.20. The van der Waals surface area contributed by atoms with Crippen LogP contribution in [0.5, 0.6) is 5.75 Å². The molecular weight excluding hydrogens is 416 g/mol. The third-order valence-electron chi connectivity index (χ3n) is 5.78. The van der Waals surface area contributed by atoms with Crippen molar-refractivity contribution >= 4 is 15.7 Å². The zero-order valence-corrected chi connectivity index (χ0v) is 17.0. The molecule has 0 spiro atoms. The summed E-state index contributed by atoms with van der Waals surface area (Å²) in [6.45, 7) is 0.977. The molecule has 11 heteroatoms. The van der Waals surface area contributed by atoms with Crippen LogP contribution in [0, 0.1) is 27.9 Å². The molecule has 1 saturated heterocycles. The quantitative estimate of drug-likeness (QED) is 0.266. The van der Waals surface area contributed by atoms with Gasteiger partial charge in [0, 0.05) is 6.07 Å². The summed E-state index contributed by atoms with van der Waals surface area (Å²) in [5.41, 5.74) is -0.441. The molecule has 2 fully saturated rings. The normalized spacial score (nSPS) is 29.1. The van der Waals surface area contributed by atoms with Crippen LogP contribution in [0.3, 0.4) is 0 Å². The second-order valence-corrected chi connectivity index (χ2v) is 9.50. The van der Waals surface area contributed by atoms with E-state index >= 15 is 0 Å². The van der Waals surface area contributed by atoms with Gasteiger partial charge in [0.1, 0.15) is 12.3 Å². The number of nitro groups is 1. The van der Waals surface area contributed by atoms with Gasteiger partial charge in [-0.15, -0.1) is 0 Å². The van der Waals surface area contributed by atoms with Gasteiger partial charge in [0.05, 0.1) is 36.2 Å². The summed E-state index contributed by atoms with van der Waals surface area (Å²) in [4.78, 5) is 10.5. The smallest absolute Gasteiger partial charge is 0.312 e. The third kappa shape index (κ3) is 4.49. The first-order valence-electron chi connectivity index (χ1n) is 9.83. The Labute approximate surface area is 174 Å². The molecule has 30 heavy (non-hydrogen) atoms. The van der Waals surface area contributed by atoms with Crippen molar-refractivity contribution in [3.8, 4) is 5.75 Å². The fourth-order valence-electron chi connectivity index (χ4n) is 4.20. The van der Waals surface area contributed by atoms with Gasteiger partial charge < -0.3 is 19.3 Å². The number of aliphatic hydroxyl groups is 1. The molecule has 4 rings (SSSR count). The molecule has 10 nitrogen and oxygen atoms in total. The molecule has 1 aromatic carbocycles. The highest BCUT2D eigenvalue weighted by Gasteiger charge is 2.36. The summed E-state index contributed by atoms with van der Waals surface area (Å²) in [6, 6.07) is 3.43. The van der Waals surface area contributed by atoms with Crippen LogP contribution in [0.2, 0.25) is 0 Å². The van der Waals surface area contributed by atoms with Gasteiger partial charge in [-0.25, -0.2) is 8.42 Å². The number of hydrogen-bond donors (Lipinski definition) is 2. The minimum Gasteiger partial charge on any atom is -0.486 e. The van der Waals surface area contributed by atoms with Gasteiger partial charge in [-0.2, -0.15) is 4.72 Å². The highest BCUT2D eigenvalue weighted by Crippen LogP contribution is 2.43. The van der Waals surface area contributed by atoms with Gasteiger partial charge >= 0.3 is 5.69 Å². The van der Waals surface area contributed by atoms with Crippen molar-refractivity contribution in [2.24, 2.45) is 17.8 Å². The van der Waals surface area contributed by atoms with E-state index in [0.29, 0.717) is 31.0 Å². The number of nitrogens with one attached hydrogen (secondary N) is 1. The van der Waals surface area contributed by atoms with Gasteiger partial charge in [-0.3, -0.25) is 10.1 Å². The Hall–Kier alpha value is -2.05. The number of fused-ring (bicyclic) bond motifs is 2. The van der Waals surface area contributed by atoms with E-state index in [1.54, 1.807) is 0 Å². The van der Waals surface area contributed by atoms with Crippen LogP contribution in [-0.4, -0.2) is 57.2 Å². The number of benzene rings is 1. The van der Waals surface area contributed by atoms with Crippen molar-refractivity contribution < 1.29 is 32.7 Å². The average molecular weight is 440 g/mol. The van der Waals surface area contributed by atoms with Crippen molar-refractivity contribution in [1.29, 1.82) is 0 Å². The monoisotopic (exact) mass is 440 g/mol. The van der Waals surface area contributed by atoms with E-state index in [0.717, 1.165) is 18.9 Å². The molecule has 3 aliphatic rings. The fraction of sp³-hybridized carbons (Fsp3) is 0.579.